The molecule has 1 aliphatic carbocycles. The van der Waals surface area contributed by atoms with Gasteiger partial charge < -0.3 is 0 Å². The van der Waals surface area contributed by atoms with Crippen LogP contribution in [0.4, 0.5) is 0 Å². The second-order valence-electron chi connectivity index (χ2n) is 2.60. The molecule has 1 rings (SSSR count). The highest BCUT2D eigenvalue weighted by Crippen LogP contribution is 2.44. The maximum absolute atomic E-state index is 9.61. The molecule has 0 aromatic carbocycles. The topological polar surface area (TPSA) is 29.4 Å². The Labute approximate surface area is 42.9 Å². The van der Waals surface area contributed by atoms with Crippen molar-refractivity contribution in [2.24, 2.45) is 10.6 Å². The van der Waals surface area contributed by atoms with Crippen LogP contribution in [0.2, 0.25) is 0 Å². The van der Waals surface area contributed by atoms with Crippen molar-refractivity contribution in [2.45, 2.75) is 19.8 Å². The Kier molecular flexibility index (Phi) is 0.873. The molecule has 0 saturated heterocycles. The van der Waals surface area contributed by atoms with Gasteiger partial charge in [0.05, 0.1) is 6.54 Å². The van der Waals surface area contributed by atoms with Crippen LogP contribution >= 0.6 is 0 Å². The standard InChI is InChI=1S/C5H9NO/c1-5(2-3-5)4-6-7/h2-4H2,1H3. The molecule has 2 heteroatoms. The van der Waals surface area contributed by atoms with Gasteiger partial charge in [-0.05, 0) is 18.3 Å². The molecule has 0 spiro atoms. The Morgan fingerprint density at radius 1 is 1.71 bits per heavy atom. The summed E-state index contributed by atoms with van der Waals surface area (Å²) in [4.78, 5) is 9.61. The van der Waals surface area contributed by atoms with E-state index in [4.69, 9.17) is 0 Å². The summed E-state index contributed by atoms with van der Waals surface area (Å²) in [6.45, 7) is 2.61. The zero-order chi connectivity index (χ0) is 5.33. The van der Waals surface area contributed by atoms with E-state index in [1.54, 1.807) is 0 Å². The summed E-state index contributed by atoms with van der Waals surface area (Å²) in [7, 11) is 0. The minimum atomic E-state index is 0.321. The molecule has 0 aromatic heterocycles. The summed E-state index contributed by atoms with van der Waals surface area (Å²) in [5, 5.41) is 2.82. The first-order valence-corrected chi connectivity index (χ1v) is 2.56. The van der Waals surface area contributed by atoms with E-state index >= 15 is 0 Å². The molecule has 0 amide bonds. The zero-order valence-corrected chi connectivity index (χ0v) is 4.48. The first kappa shape index (κ1) is 4.75. The normalized spacial score (nSPS) is 24.1. The lowest BCUT2D eigenvalue weighted by Crippen LogP contribution is -1.95. The fourth-order valence-electron chi connectivity index (χ4n) is 0.527. The van der Waals surface area contributed by atoms with Gasteiger partial charge in [-0.25, -0.2) is 0 Å². The third-order valence-corrected chi connectivity index (χ3v) is 1.55. The molecule has 1 fully saturated rings. The Hall–Kier alpha value is -0.400. The van der Waals surface area contributed by atoms with Gasteiger partial charge in [-0.2, -0.15) is 4.91 Å². The van der Waals surface area contributed by atoms with Crippen molar-refractivity contribution in [1.29, 1.82) is 0 Å². The summed E-state index contributed by atoms with van der Waals surface area (Å²) < 4.78 is 0. The Bertz CT molecular complexity index is 86.1. The average molecular weight is 99.1 g/mol. The Balaban J connectivity index is 2.25. The molecule has 0 unspecified atom stereocenters. The predicted octanol–water partition coefficient (Wildman–Crippen LogP) is 1.55. The van der Waals surface area contributed by atoms with E-state index < -0.39 is 0 Å². The SMILES string of the molecule is CC1(CN=O)CC1. The first-order valence-electron chi connectivity index (χ1n) is 2.56. The number of hydrogen-bond acceptors (Lipinski definition) is 2. The fourth-order valence-corrected chi connectivity index (χ4v) is 0.527. The molecule has 0 aliphatic heterocycles. The van der Waals surface area contributed by atoms with Crippen molar-refractivity contribution >= 4 is 0 Å². The van der Waals surface area contributed by atoms with Gasteiger partial charge in [0.15, 0.2) is 0 Å². The van der Waals surface area contributed by atoms with Crippen LogP contribution in [0, 0.1) is 10.3 Å². The molecular weight excluding hydrogens is 90.1 g/mol. The largest absolute Gasteiger partial charge is 0.151 e. The molecule has 2 nitrogen and oxygen atoms in total. The van der Waals surface area contributed by atoms with Crippen molar-refractivity contribution in [2.75, 3.05) is 6.54 Å². The molecule has 0 atom stereocenters. The van der Waals surface area contributed by atoms with Gasteiger partial charge in [0, 0.05) is 0 Å². The number of nitrogens with zero attached hydrogens (tertiary/aromatic N) is 1. The summed E-state index contributed by atoms with van der Waals surface area (Å²) in [5.74, 6) is 0. The molecule has 0 N–H and O–H groups in total. The van der Waals surface area contributed by atoms with Gasteiger partial charge in [-0.15, -0.1) is 0 Å². The lowest BCUT2D eigenvalue weighted by Gasteiger charge is -1.94. The average Bonchev–Trinajstić information content (AvgIpc) is 2.22. The molecule has 1 aliphatic rings. The third kappa shape index (κ3) is 0.981. The van der Waals surface area contributed by atoms with Gasteiger partial charge in [-0.3, -0.25) is 0 Å². The molecule has 1 saturated carbocycles. The molecule has 0 aromatic rings. The van der Waals surface area contributed by atoms with Crippen molar-refractivity contribution in [3.8, 4) is 0 Å². The lowest BCUT2D eigenvalue weighted by molar-refractivity contribution is 0.588. The molecule has 40 valence electrons. The molecule has 0 heterocycles. The highest BCUT2D eigenvalue weighted by Gasteiger charge is 2.37. The van der Waals surface area contributed by atoms with Crippen LogP contribution in [0.1, 0.15) is 19.8 Å². The summed E-state index contributed by atoms with van der Waals surface area (Å²) in [6.07, 6.45) is 2.39. The van der Waals surface area contributed by atoms with E-state index in [0.717, 1.165) is 0 Å². The fraction of sp³-hybridized carbons (Fsp3) is 1.00. The molecule has 7 heavy (non-hydrogen) atoms. The van der Waals surface area contributed by atoms with Crippen LogP contribution in [0.25, 0.3) is 0 Å². The van der Waals surface area contributed by atoms with Gasteiger partial charge in [0.2, 0.25) is 0 Å². The second-order valence-corrected chi connectivity index (χ2v) is 2.60. The van der Waals surface area contributed by atoms with E-state index in [-0.39, 0.29) is 0 Å². The highest BCUT2D eigenvalue weighted by atomic mass is 16.3. The van der Waals surface area contributed by atoms with Crippen LogP contribution in [-0.4, -0.2) is 6.54 Å². The zero-order valence-electron chi connectivity index (χ0n) is 4.48. The first-order chi connectivity index (χ1) is 3.27. The van der Waals surface area contributed by atoms with Gasteiger partial charge in [-0.1, -0.05) is 12.1 Å². The Morgan fingerprint density at radius 2 is 2.29 bits per heavy atom. The van der Waals surface area contributed by atoms with Crippen LogP contribution in [0.5, 0.6) is 0 Å². The minimum Gasteiger partial charge on any atom is -0.151 e. The number of hydrogen-bond donors (Lipinski definition) is 0. The van der Waals surface area contributed by atoms with E-state index in [0.29, 0.717) is 12.0 Å². The quantitative estimate of drug-likeness (QED) is 0.483. The summed E-state index contributed by atoms with van der Waals surface area (Å²) >= 11 is 0. The van der Waals surface area contributed by atoms with E-state index in [1.807, 2.05) is 0 Å². The maximum Gasteiger partial charge on any atom is 0.0864 e. The smallest absolute Gasteiger partial charge is 0.0864 e. The molecular formula is C5H9NO. The van der Waals surface area contributed by atoms with E-state index in [9.17, 15) is 4.91 Å². The van der Waals surface area contributed by atoms with Crippen LogP contribution < -0.4 is 0 Å². The van der Waals surface area contributed by atoms with E-state index in [1.165, 1.54) is 12.8 Å². The van der Waals surface area contributed by atoms with Crippen molar-refractivity contribution < 1.29 is 0 Å². The second kappa shape index (κ2) is 1.29. The molecule has 0 bridgehead atoms. The van der Waals surface area contributed by atoms with E-state index in [2.05, 4.69) is 12.1 Å². The van der Waals surface area contributed by atoms with Gasteiger partial charge in [0.1, 0.15) is 0 Å². The van der Waals surface area contributed by atoms with Crippen LogP contribution in [0.15, 0.2) is 5.18 Å². The monoisotopic (exact) mass is 99.1 g/mol. The van der Waals surface area contributed by atoms with Crippen molar-refractivity contribution in [3.05, 3.63) is 4.91 Å². The summed E-state index contributed by atoms with van der Waals surface area (Å²) in [5.41, 5.74) is 0.321. The van der Waals surface area contributed by atoms with Gasteiger partial charge >= 0.3 is 0 Å². The maximum atomic E-state index is 9.61. The van der Waals surface area contributed by atoms with Gasteiger partial charge in [0.25, 0.3) is 0 Å². The van der Waals surface area contributed by atoms with Crippen LogP contribution in [-0.2, 0) is 0 Å². The third-order valence-electron chi connectivity index (χ3n) is 1.55. The summed E-state index contributed by atoms with van der Waals surface area (Å²) in [6, 6.07) is 0. The highest BCUT2D eigenvalue weighted by molar-refractivity contribution is 4.89. The minimum absolute atomic E-state index is 0.321. The molecule has 0 radical (unpaired) electrons. The number of nitroso groups, excluding NO2 is 1. The lowest BCUT2D eigenvalue weighted by atomic mass is 10.2. The van der Waals surface area contributed by atoms with Crippen molar-refractivity contribution in [1.82, 2.24) is 0 Å². The van der Waals surface area contributed by atoms with Crippen LogP contribution in [0.3, 0.4) is 0 Å². The predicted molar refractivity (Wildman–Crippen MR) is 28.0 cm³/mol. The Morgan fingerprint density at radius 3 is 2.43 bits per heavy atom. The number of rotatable bonds is 2. The van der Waals surface area contributed by atoms with Crippen molar-refractivity contribution in [3.63, 3.8) is 0 Å².